The number of benzene rings is 2. The van der Waals surface area contributed by atoms with Gasteiger partial charge in [0.2, 0.25) is 27.7 Å². The van der Waals surface area contributed by atoms with Crippen LogP contribution in [0.3, 0.4) is 0 Å². The van der Waals surface area contributed by atoms with Gasteiger partial charge in [-0.1, -0.05) is 53.5 Å². The van der Waals surface area contributed by atoms with Crippen molar-refractivity contribution in [3.8, 4) is 0 Å². The molecule has 0 spiro atoms. The van der Waals surface area contributed by atoms with Crippen molar-refractivity contribution in [2.24, 2.45) is 5.73 Å². The molecule has 9 nitrogen and oxygen atoms in total. The molecular formula is C22H22Cl2N4O5S. The molecular weight excluding hydrogens is 503 g/mol. The molecule has 0 radical (unpaired) electrons. The number of primary amides is 1. The highest BCUT2D eigenvalue weighted by atomic mass is 35.5. The van der Waals surface area contributed by atoms with Crippen molar-refractivity contribution in [1.82, 2.24) is 14.1 Å². The fraction of sp³-hybridized carbons (Fsp3) is 0.318. The minimum absolute atomic E-state index is 0.0483. The van der Waals surface area contributed by atoms with Gasteiger partial charge < -0.3 is 15.5 Å². The normalized spacial score (nSPS) is 19.1. The predicted octanol–water partition coefficient (Wildman–Crippen LogP) is 1.27. The Kier molecular flexibility index (Phi) is 6.86. The number of halogens is 2. The predicted molar refractivity (Wildman–Crippen MR) is 125 cm³/mol. The highest BCUT2D eigenvalue weighted by Gasteiger charge is 2.43. The monoisotopic (exact) mass is 524 g/mol. The van der Waals surface area contributed by atoms with Gasteiger partial charge in [-0.2, -0.15) is 4.31 Å². The molecule has 2 heterocycles. The molecule has 180 valence electrons. The van der Waals surface area contributed by atoms with Crippen molar-refractivity contribution >= 4 is 50.9 Å². The summed E-state index contributed by atoms with van der Waals surface area (Å²) in [7, 11) is -4.27. The second kappa shape index (κ2) is 9.53. The maximum atomic E-state index is 13.7. The van der Waals surface area contributed by atoms with Crippen LogP contribution in [0.2, 0.25) is 10.0 Å². The number of carbonyl (C=O) groups is 3. The molecule has 2 aliphatic rings. The Bertz CT molecular complexity index is 1250. The molecule has 1 saturated heterocycles. The average Bonchev–Trinajstić information content (AvgIpc) is 2.78. The number of sulfonamides is 1. The Balaban J connectivity index is 1.69. The Morgan fingerprint density at radius 2 is 1.62 bits per heavy atom. The lowest BCUT2D eigenvalue weighted by Crippen LogP contribution is -2.59. The van der Waals surface area contributed by atoms with E-state index in [1.54, 1.807) is 12.1 Å². The Hall–Kier alpha value is -2.66. The number of nitrogens with zero attached hydrogens (tertiary/aromatic N) is 3. The molecule has 12 heteroatoms. The van der Waals surface area contributed by atoms with Crippen LogP contribution in [0.5, 0.6) is 0 Å². The largest absolute Gasteiger partial charge is 0.368 e. The summed E-state index contributed by atoms with van der Waals surface area (Å²) in [5, 5.41) is -0.0967. The van der Waals surface area contributed by atoms with Crippen molar-refractivity contribution in [3.05, 3.63) is 63.6 Å². The van der Waals surface area contributed by atoms with E-state index in [1.807, 2.05) is 12.1 Å². The zero-order valence-electron chi connectivity index (χ0n) is 18.0. The van der Waals surface area contributed by atoms with Gasteiger partial charge in [0, 0.05) is 19.6 Å². The van der Waals surface area contributed by atoms with E-state index in [1.165, 1.54) is 28.0 Å². The SMILES string of the molecule is NC(=O)CN1CCN(C(=O)C2Cc3ccccc3CN2S(=O)(=O)c2c(Cl)cccc2Cl)CC1=O. The summed E-state index contributed by atoms with van der Waals surface area (Å²) in [5.41, 5.74) is 6.79. The average molecular weight is 525 g/mol. The van der Waals surface area contributed by atoms with Crippen molar-refractivity contribution < 1.29 is 22.8 Å². The lowest BCUT2D eigenvalue weighted by molar-refractivity contribution is -0.148. The third-order valence-electron chi connectivity index (χ3n) is 5.95. The zero-order valence-corrected chi connectivity index (χ0v) is 20.3. The van der Waals surface area contributed by atoms with Crippen molar-refractivity contribution in [1.29, 1.82) is 0 Å². The van der Waals surface area contributed by atoms with Crippen LogP contribution < -0.4 is 5.73 Å². The molecule has 1 atom stereocenters. The van der Waals surface area contributed by atoms with E-state index in [9.17, 15) is 22.8 Å². The smallest absolute Gasteiger partial charge is 0.247 e. The lowest BCUT2D eigenvalue weighted by atomic mass is 9.95. The second-order valence-electron chi connectivity index (χ2n) is 8.13. The van der Waals surface area contributed by atoms with Crippen LogP contribution in [-0.4, -0.2) is 72.5 Å². The van der Waals surface area contributed by atoms with Gasteiger partial charge in [-0.25, -0.2) is 8.42 Å². The molecule has 34 heavy (non-hydrogen) atoms. The molecule has 1 fully saturated rings. The van der Waals surface area contributed by atoms with E-state index in [4.69, 9.17) is 28.9 Å². The second-order valence-corrected chi connectivity index (χ2v) is 10.8. The van der Waals surface area contributed by atoms with Gasteiger partial charge in [-0.3, -0.25) is 14.4 Å². The number of hydrogen-bond acceptors (Lipinski definition) is 5. The van der Waals surface area contributed by atoms with Crippen LogP contribution in [0, 0.1) is 0 Å². The first kappa shape index (κ1) is 24.5. The van der Waals surface area contributed by atoms with Crippen LogP contribution in [0.25, 0.3) is 0 Å². The quantitative estimate of drug-likeness (QED) is 0.631. The summed E-state index contributed by atoms with van der Waals surface area (Å²) in [5.74, 6) is -1.59. The van der Waals surface area contributed by atoms with Crippen molar-refractivity contribution in [2.75, 3.05) is 26.2 Å². The first-order valence-corrected chi connectivity index (χ1v) is 12.7. The van der Waals surface area contributed by atoms with Crippen LogP contribution in [0.4, 0.5) is 0 Å². The van der Waals surface area contributed by atoms with Gasteiger partial charge in [-0.05, 0) is 29.7 Å². The van der Waals surface area contributed by atoms with Gasteiger partial charge in [0.15, 0.2) is 0 Å². The molecule has 0 saturated carbocycles. The standard InChI is InChI=1S/C22H22Cl2N4O5S/c23-16-6-3-7-17(24)21(16)34(32,33)28-11-15-5-2-1-4-14(15)10-18(28)22(31)27-9-8-26(12-19(25)29)20(30)13-27/h1-7,18H,8-13H2,(H2,25,29). The highest BCUT2D eigenvalue weighted by Crippen LogP contribution is 2.36. The minimum atomic E-state index is -4.27. The molecule has 2 aliphatic heterocycles. The third-order valence-corrected chi connectivity index (χ3v) is 8.76. The molecule has 0 aliphatic carbocycles. The number of fused-ring (bicyclic) bond motifs is 1. The Labute approximate surface area is 207 Å². The number of piperazine rings is 1. The first-order chi connectivity index (χ1) is 16.1. The van der Waals surface area contributed by atoms with E-state index < -0.39 is 33.8 Å². The summed E-state index contributed by atoms with van der Waals surface area (Å²) >= 11 is 12.4. The zero-order chi connectivity index (χ0) is 24.6. The third kappa shape index (κ3) is 4.63. The number of amides is 3. The maximum Gasteiger partial charge on any atom is 0.247 e. The molecule has 0 aromatic heterocycles. The van der Waals surface area contributed by atoms with Crippen LogP contribution in [0.1, 0.15) is 11.1 Å². The van der Waals surface area contributed by atoms with Crippen LogP contribution in [0.15, 0.2) is 47.4 Å². The number of hydrogen-bond donors (Lipinski definition) is 1. The number of nitrogens with two attached hydrogens (primary N) is 1. The molecule has 2 aromatic carbocycles. The van der Waals surface area contributed by atoms with E-state index >= 15 is 0 Å². The molecule has 4 rings (SSSR count). The molecule has 2 N–H and O–H groups in total. The summed E-state index contributed by atoms with van der Waals surface area (Å²) in [6.07, 6.45) is 0.131. The van der Waals surface area contributed by atoms with E-state index in [2.05, 4.69) is 0 Å². The molecule has 2 aromatic rings. The first-order valence-electron chi connectivity index (χ1n) is 10.5. The number of rotatable bonds is 5. The van der Waals surface area contributed by atoms with Crippen LogP contribution >= 0.6 is 23.2 Å². The fourth-order valence-corrected chi connectivity index (χ4v) is 6.93. The van der Waals surface area contributed by atoms with Crippen molar-refractivity contribution in [2.45, 2.75) is 23.9 Å². The van der Waals surface area contributed by atoms with Gasteiger partial charge in [-0.15, -0.1) is 0 Å². The van der Waals surface area contributed by atoms with Crippen molar-refractivity contribution in [3.63, 3.8) is 0 Å². The van der Waals surface area contributed by atoms with Crippen LogP contribution in [-0.2, 0) is 37.4 Å². The van der Waals surface area contributed by atoms with Gasteiger partial charge >= 0.3 is 0 Å². The molecule has 0 bridgehead atoms. The topological polar surface area (TPSA) is 121 Å². The van der Waals surface area contributed by atoms with E-state index in [0.29, 0.717) is 0 Å². The summed E-state index contributed by atoms with van der Waals surface area (Å²) in [6, 6.07) is 10.6. The van der Waals surface area contributed by atoms with E-state index in [0.717, 1.165) is 15.4 Å². The lowest BCUT2D eigenvalue weighted by Gasteiger charge is -2.40. The van der Waals surface area contributed by atoms with Gasteiger partial charge in [0.05, 0.1) is 23.1 Å². The molecule has 1 unspecified atom stereocenters. The van der Waals surface area contributed by atoms with Gasteiger partial charge in [0.1, 0.15) is 10.9 Å². The summed E-state index contributed by atoms with van der Waals surface area (Å²) in [6.45, 7) is -0.281. The maximum absolute atomic E-state index is 13.7. The summed E-state index contributed by atoms with van der Waals surface area (Å²) in [4.78, 5) is 39.6. The van der Waals surface area contributed by atoms with Gasteiger partial charge in [0.25, 0.3) is 0 Å². The van der Waals surface area contributed by atoms with E-state index in [-0.39, 0.29) is 54.1 Å². The molecule has 3 amide bonds. The Morgan fingerprint density at radius 1 is 0.971 bits per heavy atom. The Morgan fingerprint density at radius 3 is 2.24 bits per heavy atom. The number of carbonyl (C=O) groups excluding carboxylic acids is 3. The minimum Gasteiger partial charge on any atom is -0.368 e. The fourth-order valence-electron chi connectivity index (χ4n) is 4.27. The highest BCUT2D eigenvalue weighted by molar-refractivity contribution is 7.89. The summed E-state index contributed by atoms with van der Waals surface area (Å²) < 4.78 is 28.6.